The first-order chi connectivity index (χ1) is 6.64. The Bertz CT molecular complexity index is 156. The molecule has 14 heavy (non-hydrogen) atoms. The molecule has 84 valence electrons. The first-order valence-corrected chi connectivity index (χ1v) is 8.32. The summed E-state index contributed by atoms with van der Waals surface area (Å²) >= 11 is 0. The van der Waals surface area contributed by atoms with Crippen LogP contribution >= 0.6 is 0 Å². The van der Waals surface area contributed by atoms with Gasteiger partial charge in [-0.05, 0) is 24.6 Å². The Kier molecular flexibility index (Phi) is 7.10. The van der Waals surface area contributed by atoms with E-state index in [1.807, 2.05) is 6.92 Å². The van der Waals surface area contributed by atoms with E-state index >= 15 is 0 Å². The number of rotatable bonds is 8. The summed E-state index contributed by atoms with van der Waals surface area (Å²) in [5.41, 5.74) is 0. The van der Waals surface area contributed by atoms with Gasteiger partial charge in [-0.1, -0.05) is 27.7 Å². The monoisotopic (exact) mass is 216 g/mol. The third-order valence-electron chi connectivity index (χ3n) is 3.00. The van der Waals surface area contributed by atoms with Gasteiger partial charge in [-0.15, -0.1) is 0 Å². The van der Waals surface area contributed by atoms with Gasteiger partial charge in [0.05, 0.1) is 6.61 Å². The smallest absolute Gasteiger partial charge is 0.192 e. The third kappa shape index (κ3) is 4.38. The highest BCUT2D eigenvalue weighted by molar-refractivity contribution is 6.73. The second kappa shape index (κ2) is 7.18. The topological polar surface area (TPSA) is 26.3 Å². The highest BCUT2D eigenvalue weighted by Crippen LogP contribution is 2.21. The Hall–Kier alpha value is -0.153. The standard InChI is InChI=1S/C11H24O2Si/c1-5-9-11(12)10-13-14(6-2,7-3)8-4/h5-10H2,1-4H3. The van der Waals surface area contributed by atoms with E-state index < -0.39 is 8.32 Å². The van der Waals surface area contributed by atoms with Crippen molar-refractivity contribution in [2.45, 2.75) is 58.7 Å². The van der Waals surface area contributed by atoms with Crippen molar-refractivity contribution in [1.82, 2.24) is 0 Å². The lowest BCUT2D eigenvalue weighted by molar-refractivity contribution is -0.121. The van der Waals surface area contributed by atoms with E-state index in [9.17, 15) is 4.79 Å². The molecular formula is C11H24O2Si. The molecule has 0 heterocycles. The summed E-state index contributed by atoms with van der Waals surface area (Å²) in [6, 6.07) is 3.37. The molecular weight excluding hydrogens is 192 g/mol. The fraction of sp³-hybridized carbons (Fsp3) is 0.909. The maximum Gasteiger partial charge on any atom is 0.192 e. The summed E-state index contributed by atoms with van der Waals surface area (Å²) in [5, 5.41) is 0. The fourth-order valence-electron chi connectivity index (χ4n) is 1.64. The van der Waals surface area contributed by atoms with Crippen LogP contribution in [-0.4, -0.2) is 20.7 Å². The molecule has 0 aromatic heterocycles. The van der Waals surface area contributed by atoms with E-state index in [1.165, 1.54) is 0 Å². The lowest BCUT2D eigenvalue weighted by Gasteiger charge is -2.27. The summed E-state index contributed by atoms with van der Waals surface area (Å²) < 4.78 is 5.88. The number of hydrogen-bond acceptors (Lipinski definition) is 2. The van der Waals surface area contributed by atoms with Crippen LogP contribution in [0.3, 0.4) is 0 Å². The van der Waals surface area contributed by atoms with Gasteiger partial charge in [0, 0.05) is 6.42 Å². The van der Waals surface area contributed by atoms with E-state index in [1.54, 1.807) is 0 Å². The second-order valence-electron chi connectivity index (χ2n) is 3.82. The van der Waals surface area contributed by atoms with Crippen LogP contribution in [0.25, 0.3) is 0 Å². The van der Waals surface area contributed by atoms with Crippen molar-refractivity contribution in [2.24, 2.45) is 0 Å². The zero-order valence-corrected chi connectivity index (χ0v) is 11.1. The molecule has 0 amide bonds. The minimum atomic E-state index is -1.53. The molecule has 0 bridgehead atoms. The van der Waals surface area contributed by atoms with Crippen molar-refractivity contribution in [3.05, 3.63) is 0 Å². The Morgan fingerprint density at radius 2 is 1.57 bits per heavy atom. The summed E-state index contributed by atoms with van der Waals surface area (Å²) in [6.07, 6.45) is 1.60. The van der Waals surface area contributed by atoms with Crippen molar-refractivity contribution >= 4 is 14.1 Å². The molecule has 0 rings (SSSR count). The van der Waals surface area contributed by atoms with Crippen molar-refractivity contribution in [3.63, 3.8) is 0 Å². The van der Waals surface area contributed by atoms with Crippen LogP contribution in [0, 0.1) is 0 Å². The molecule has 0 aliphatic rings. The third-order valence-corrected chi connectivity index (χ3v) is 7.62. The predicted octanol–water partition coefficient (Wildman–Crippen LogP) is 3.38. The lowest BCUT2D eigenvalue weighted by Crippen LogP contribution is -2.37. The molecule has 0 fully saturated rings. The molecule has 0 spiro atoms. The van der Waals surface area contributed by atoms with E-state index in [2.05, 4.69) is 20.8 Å². The molecule has 0 atom stereocenters. The van der Waals surface area contributed by atoms with Gasteiger partial charge in [-0.2, -0.15) is 0 Å². The van der Waals surface area contributed by atoms with E-state index in [-0.39, 0.29) is 5.78 Å². The van der Waals surface area contributed by atoms with E-state index in [0.717, 1.165) is 24.6 Å². The summed E-state index contributed by atoms with van der Waals surface area (Å²) in [4.78, 5) is 11.3. The number of hydrogen-bond donors (Lipinski definition) is 0. The molecule has 3 heteroatoms. The molecule has 2 nitrogen and oxygen atoms in total. The molecule has 0 unspecified atom stereocenters. The van der Waals surface area contributed by atoms with Gasteiger partial charge < -0.3 is 4.43 Å². The first kappa shape index (κ1) is 13.8. The number of carbonyl (C=O) groups excluding carboxylic acids is 1. The van der Waals surface area contributed by atoms with Crippen molar-refractivity contribution in [3.8, 4) is 0 Å². The average molecular weight is 216 g/mol. The van der Waals surface area contributed by atoms with Crippen LogP contribution < -0.4 is 0 Å². The molecule has 0 N–H and O–H groups in total. The van der Waals surface area contributed by atoms with Gasteiger partial charge >= 0.3 is 0 Å². The minimum Gasteiger partial charge on any atom is -0.410 e. The first-order valence-electron chi connectivity index (χ1n) is 5.79. The minimum absolute atomic E-state index is 0.264. The van der Waals surface area contributed by atoms with E-state index in [0.29, 0.717) is 13.0 Å². The second-order valence-corrected chi connectivity index (χ2v) is 8.60. The highest BCUT2D eigenvalue weighted by Gasteiger charge is 2.29. The van der Waals surface area contributed by atoms with Crippen molar-refractivity contribution < 1.29 is 9.22 Å². The number of Topliss-reactive ketones (excluding diaryl/α,β-unsaturated/α-hetero) is 1. The zero-order valence-electron chi connectivity index (χ0n) is 10.1. The maximum absolute atomic E-state index is 11.3. The molecule has 0 radical (unpaired) electrons. The molecule has 0 saturated carbocycles. The zero-order chi connectivity index (χ0) is 11.0. The van der Waals surface area contributed by atoms with Crippen LogP contribution in [0.1, 0.15) is 40.5 Å². The number of carbonyl (C=O) groups is 1. The van der Waals surface area contributed by atoms with Gasteiger partial charge in [0.1, 0.15) is 0 Å². The van der Waals surface area contributed by atoms with Gasteiger partial charge in [0.2, 0.25) is 0 Å². The number of ketones is 1. The Morgan fingerprint density at radius 1 is 1.07 bits per heavy atom. The summed E-state index contributed by atoms with van der Waals surface area (Å²) in [7, 11) is -1.53. The van der Waals surface area contributed by atoms with Gasteiger partial charge in [0.15, 0.2) is 14.1 Å². The maximum atomic E-state index is 11.3. The van der Waals surface area contributed by atoms with Gasteiger partial charge in [-0.25, -0.2) is 0 Å². The largest absolute Gasteiger partial charge is 0.410 e. The van der Waals surface area contributed by atoms with Crippen LogP contribution in [0.15, 0.2) is 0 Å². The van der Waals surface area contributed by atoms with Gasteiger partial charge in [0.25, 0.3) is 0 Å². The quantitative estimate of drug-likeness (QED) is 0.581. The van der Waals surface area contributed by atoms with Crippen molar-refractivity contribution in [2.75, 3.05) is 6.61 Å². The van der Waals surface area contributed by atoms with Crippen LogP contribution in [0.4, 0.5) is 0 Å². The Labute approximate surface area is 89.2 Å². The van der Waals surface area contributed by atoms with Crippen LogP contribution in [0.2, 0.25) is 18.1 Å². The molecule has 0 aliphatic heterocycles. The SMILES string of the molecule is CCCC(=O)CO[Si](CC)(CC)CC. The van der Waals surface area contributed by atoms with Crippen LogP contribution in [-0.2, 0) is 9.22 Å². The normalized spacial score (nSPS) is 11.7. The Morgan fingerprint density at radius 3 is 1.93 bits per heavy atom. The van der Waals surface area contributed by atoms with Crippen molar-refractivity contribution in [1.29, 1.82) is 0 Å². The molecule has 0 aliphatic carbocycles. The summed E-state index contributed by atoms with van der Waals surface area (Å²) in [6.45, 7) is 8.94. The fourth-order valence-corrected chi connectivity index (χ4v) is 4.22. The highest BCUT2D eigenvalue weighted by atomic mass is 28.4. The molecule has 0 aromatic carbocycles. The molecule has 0 saturated heterocycles. The Balaban J connectivity index is 3.99. The summed E-state index contributed by atoms with van der Waals surface area (Å²) in [5.74, 6) is 0.264. The predicted molar refractivity (Wildman–Crippen MR) is 63.1 cm³/mol. The van der Waals surface area contributed by atoms with Crippen LogP contribution in [0.5, 0.6) is 0 Å². The molecule has 0 aromatic rings. The average Bonchev–Trinajstić information content (AvgIpc) is 2.21. The van der Waals surface area contributed by atoms with E-state index in [4.69, 9.17) is 4.43 Å². The van der Waals surface area contributed by atoms with Gasteiger partial charge in [-0.3, -0.25) is 4.79 Å². The lowest BCUT2D eigenvalue weighted by atomic mass is 10.2.